The molecule has 0 atom stereocenters. The normalized spacial score (nSPS) is 10.2. The largest absolute Gasteiger partial charge is 0.507 e. The van der Waals surface area contributed by atoms with Gasteiger partial charge in [0.05, 0.1) is 5.02 Å². The summed E-state index contributed by atoms with van der Waals surface area (Å²) in [5.74, 6) is -1.05. The lowest BCUT2D eigenvalue weighted by atomic mass is 10.0. The van der Waals surface area contributed by atoms with Crippen LogP contribution in [-0.2, 0) is 0 Å². The summed E-state index contributed by atoms with van der Waals surface area (Å²) in [6, 6.07) is 10.6. The zero-order chi connectivity index (χ0) is 12.4. The van der Waals surface area contributed by atoms with Crippen LogP contribution in [0.5, 0.6) is 11.5 Å². The molecule has 0 spiro atoms. The van der Waals surface area contributed by atoms with Gasteiger partial charge in [0.15, 0.2) is 0 Å². The molecule has 0 aliphatic carbocycles. The molecular formula is C13H9ClO3. The van der Waals surface area contributed by atoms with Gasteiger partial charge in [0.2, 0.25) is 5.78 Å². The van der Waals surface area contributed by atoms with E-state index >= 15 is 0 Å². The Bertz CT molecular complexity index is 558. The third kappa shape index (κ3) is 2.10. The van der Waals surface area contributed by atoms with Crippen molar-refractivity contribution in [3.05, 3.63) is 58.6 Å². The highest BCUT2D eigenvalue weighted by Crippen LogP contribution is 2.30. The molecule has 86 valence electrons. The van der Waals surface area contributed by atoms with Crippen LogP contribution in [0.15, 0.2) is 42.5 Å². The van der Waals surface area contributed by atoms with E-state index in [1.165, 1.54) is 24.3 Å². The van der Waals surface area contributed by atoms with Crippen molar-refractivity contribution in [3.8, 4) is 11.5 Å². The van der Waals surface area contributed by atoms with Crippen LogP contribution in [0.3, 0.4) is 0 Å². The molecule has 2 rings (SSSR count). The molecule has 4 heteroatoms. The van der Waals surface area contributed by atoms with Crippen molar-refractivity contribution < 1.29 is 15.0 Å². The Morgan fingerprint density at radius 2 is 1.53 bits per heavy atom. The van der Waals surface area contributed by atoms with Crippen molar-refractivity contribution in [1.82, 2.24) is 0 Å². The van der Waals surface area contributed by atoms with Gasteiger partial charge >= 0.3 is 0 Å². The molecule has 0 bridgehead atoms. The third-order valence-electron chi connectivity index (χ3n) is 2.37. The molecule has 2 aromatic rings. The molecule has 0 saturated heterocycles. The maximum atomic E-state index is 12.1. The SMILES string of the molecule is O=C(c1ccccc1Cl)c1c(O)cccc1O. The van der Waals surface area contributed by atoms with E-state index in [9.17, 15) is 15.0 Å². The van der Waals surface area contributed by atoms with Crippen LogP contribution in [0, 0.1) is 0 Å². The summed E-state index contributed by atoms with van der Waals surface area (Å²) in [5, 5.41) is 19.5. The fraction of sp³-hybridized carbons (Fsp3) is 0. The topological polar surface area (TPSA) is 57.5 Å². The van der Waals surface area contributed by atoms with Crippen LogP contribution in [0.4, 0.5) is 0 Å². The van der Waals surface area contributed by atoms with Crippen molar-refractivity contribution in [2.24, 2.45) is 0 Å². The van der Waals surface area contributed by atoms with Gasteiger partial charge in [0.25, 0.3) is 0 Å². The molecule has 0 fully saturated rings. The van der Waals surface area contributed by atoms with Crippen molar-refractivity contribution in [3.63, 3.8) is 0 Å². The average molecular weight is 249 g/mol. The smallest absolute Gasteiger partial charge is 0.201 e. The molecule has 2 aromatic carbocycles. The molecule has 0 unspecified atom stereocenters. The highest BCUT2D eigenvalue weighted by molar-refractivity contribution is 6.35. The molecule has 0 aliphatic rings. The van der Waals surface area contributed by atoms with Crippen LogP contribution < -0.4 is 0 Å². The number of aromatic hydroxyl groups is 2. The van der Waals surface area contributed by atoms with Crippen molar-refractivity contribution >= 4 is 17.4 Å². The quantitative estimate of drug-likeness (QED) is 0.804. The molecule has 3 nitrogen and oxygen atoms in total. The Balaban J connectivity index is 2.56. The summed E-state index contributed by atoms with van der Waals surface area (Å²) in [7, 11) is 0. The number of phenolic OH excluding ortho intramolecular Hbond substituents is 2. The first-order valence-corrected chi connectivity index (χ1v) is 5.29. The van der Waals surface area contributed by atoms with Gasteiger partial charge in [-0.3, -0.25) is 4.79 Å². The Hall–Kier alpha value is -2.00. The molecule has 0 aliphatic heterocycles. The number of hydrogen-bond acceptors (Lipinski definition) is 3. The number of hydrogen-bond donors (Lipinski definition) is 2. The number of halogens is 1. The number of ketones is 1. The molecule has 0 radical (unpaired) electrons. The highest BCUT2D eigenvalue weighted by Gasteiger charge is 2.19. The number of benzene rings is 2. The van der Waals surface area contributed by atoms with Gasteiger partial charge in [-0.15, -0.1) is 0 Å². The van der Waals surface area contributed by atoms with Crippen molar-refractivity contribution in [2.75, 3.05) is 0 Å². The lowest BCUT2D eigenvalue weighted by Crippen LogP contribution is -2.02. The summed E-state index contributed by atoms with van der Waals surface area (Å²) in [6.45, 7) is 0. The summed E-state index contributed by atoms with van der Waals surface area (Å²) in [5.41, 5.74) is 0.103. The van der Waals surface area contributed by atoms with Gasteiger partial charge in [-0.1, -0.05) is 29.8 Å². The predicted octanol–water partition coefficient (Wildman–Crippen LogP) is 2.98. The fourth-order valence-electron chi connectivity index (χ4n) is 1.54. The summed E-state index contributed by atoms with van der Waals surface area (Å²) < 4.78 is 0. The number of carbonyl (C=O) groups is 1. The van der Waals surface area contributed by atoms with E-state index in [2.05, 4.69) is 0 Å². The number of phenols is 2. The Morgan fingerprint density at radius 1 is 0.941 bits per heavy atom. The Kier molecular flexibility index (Phi) is 3.02. The minimum absolute atomic E-state index is 0.138. The summed E-state index contributed by atoms with van der Waals surface area (Å²) in [6.07, 6.45) is 0. The molecule has 0 aromatic heterocycles. The standard InChI is InChI=1S/C13H9ClO3/c14-9-5-2-1-4-8(9)13(17)12-10(15)6-3-7-11(12)16/h1-7,15-16H. The second kappa shape index (κ2) is 4.47. The van der Waals surface area contributed by atoms with Crippen LogP contribution in [0.2, 0.25) is 5.02 Å². The number of carbonyl (C=O) groups excluding carboxylic acids is 1. The van der Waals surface area contributed by atoms with E-state index in [-0.39, 0.29) is 27.6 Å². The Morgan fingerprint density at radius 3 is 2.12 bits per heavy atom. The lowest BCUT2D eigenvalue weighted by molar-refractivity contribution is 0.103. The third-order valence-corrected chi connectivity index (χ3v) is 2.70. The minimum atomic E-state index is -0.508. The van der Waals surface area contributed by atoms with Gasteiger partial charge in [-0.05, 0) is 24.3 Å². The maximum absolute atomic E-state index is 12.1. The minimum Gasteiger partial charge on any atom is -0.507 e. The van der Waals surface area contributed by atoms with E-state index in [1.54, 1.807) is 18.2 Å². The van der Waals surface area contributed by atoms with E-state index in [0.29, 0.717) is 0 Å². The fourth-order valence-corrected chi connectivity index (χ4v) is 1.76. The zero-order valence-corrected chi connectivity index (χ0v) is 9.48. The molecule has 0 heterocycles. The average Bonchev–Trinajstić information content (AvgIpc) is 2.29. The van der Waals surface area contributed by atoms with Crippen LogP contribution in [0.1, 0.15) is 15.9 Å². The molecule has 0 saturated carbocycles. The monoisotopic (exact) mass is 248 g/mol. The van der Waals surface area contributed by atoms with E-state index in [4.69, 9.17) is 11.6 Å². The van der Waals surface area contributed by atoms with Crippen molar-refractivity contribution in [1.29, 1.82) is 0 Å². The van der Waals surface area contributed by atoms with Gasteiger partial charge < -0.3 is 10.2 Å². The predicted molar refractivity (Wildman–Crippen MR) is 64.7 cm³/mol. The molecule has 0 amide bonds. The van der Waals surface area contributed by atoms with Crippen LogP contribution in [0.25, 0.3) is 0 Å². The van der Waals surface area contributed by atoms with E-state index in [0.717, 1.165) is 0 Å². The van der Waals surface area contributed by atoms with Crippen LogP contribution >= 0.6 is 11.6 Å². The zero-order valence-electron chi connectivity index (χ0n) is 8.72. The van der Waals surface area contributed by atoms with E-state index in [1.807, 2.05) is 0 Å². The summed E-state index contributed by atoms with van der Waals surface area (Å²) >= 11 is 5.89. The van der Waals surface area contributed by atoms with Gasteiger partial charge in [0, 0.05) is 5.56 Å². The Labute approximate surface area is 103 Å². The van der Waals surface area contributed by atoms with Gasteiger partial charge in [-0.2, -0.15) is 0 Å². The van der Waals surface area contributed by atoms with E-state index < -0.39 is 5.78 Å². The molecule has 17 heavy (non-hydrogen) atoms. The van der Waals surface area contributed by atoms with Gasteiger partial charge in [0.1, 0.15) is 17.1 Å². The number of rotatable bonds is 2. The first-order valence-electron chi connectivity index (χ1n) is 4.91. The first kappa shape index (κ1) is 11.5. The molecular weight excluding hydrogens is 240 g/mol. The maximum Gasteiger partial charge on any atom is 0.201 e. The summed E-state index contributed by atoms with van der Waals surface area (Å²) in [4.78, 5) is 12.1. The van der Waals surface area contributed by atoms with Crippen LogP contribution in [-0.4, -0.2) is 16.0 Å². The lowest BCUT2D eigenvalue weighted by Gasteiger charge is -2.07. The van der Waals surface area contributed by atoms with Crippen molar-refractivity contribution in [2.45, 2.75) is 0 Å². The first-order chi connectivity index (χ1) is 8.11. The highest BCUT2D eigenvalue weighted by atomic mass is 35.5. The second-order valence-corrected chi connectivity index (χ2v) is 3.89. The molecule has 2 N–H and O–H groups in total. The second-order valence-electron chi connectivity index (χ2n) is 3.48. The van der Waals surface area contributed by atoms with Gasteiger partial charge in [-0.25, -0.2) is 0 Å².